The Morgan fingerprint density at radius 3 is 2.22 bits per heavy atom. The predicted octanol–water partition coefficient (Wildman–Crippen LogP) is 6.67. The van der Waals surface area contributed by atoms with Crippen molar-refractivity contribution in [1.82, 2.24) is 0 Å². The number of rotatable bonds is 7. The van der Waals surface area contributed by atoms with Gasteiger partial charge in [0.2, 0.25) is 0 Å². The fraction of sp³-hybridized carbons (Fsp3) is 0.440. The SMILES string of the molecule is CC.CC.COc1c(CC(C)C)cccc1-c1cccc(C/C=C\CN)c1. The Kier molecular flexibility index (Phi) is 13.9. The van der Waals surface area contributed by atoms with Crippen molar-refractivity contribution in [3.8, 4) is 16.9 Å². The van der Waals surface area contributed by atoms with Crippen molar-refractivity contribution in [3.05, 3.63) is 65.7 Å². The molecule has 2 rings (SSSR count). The normalized spacial score (nSPS) is 10.1. The predicted molar refractivity (Wildman–Crippen MR) is 122 cm³/mol. The van der Waals surface area contributed by atoms with Gasteiger partial charge in [0.1, 0.15) is 5.75 Å². The zero-order chi connectivity index (χ0) is 20.7. The van der Waals surface area contributed by atoms with E-state index in [4.69, 9.17) is 10.5 Å². The Hall–Kier alpha value is -2.06. The van der Waals surface area contributed by atoms with E-state index in [1.165, 1.54) is 16.7 Å². The molecule has 0 atom stereocenters. The highest BCUT2D eigenvalue weighted by Gasteiger charge is 2.12. The number of benzene rings is 2. The smallest absolute Gasteiger partial charge is 0.129 e. The van der Waals surface area contributed by atoms with Crippen molar-refractivity contribution >= 4 is 0 Å². The van der Waals surface area contributed by atoms with Crippen molar-refractivity contribution < 1.29 is 4.74 Å². The molecule has 0 saturated heterocycles. The molecule has 27 heavy (non-hydrogen) atoms. The third-order valence-electron chi connectivity index (χ3n) is 3.82. The van der Waals surface area contributed by atoms with Crippen LogP contribution < -0.4 is 10.5 Å². The highest BCUT2D eigenvalue weighted by molar-refractivity contribution is 5.72. The first kappa shape index (κ1) is 24.9. The number of methoxy groups -OCH3 is 1. The summed E-state index contributed by atoms with van der Waals surface area (Å²) in [6, 6.07) is 15.1. The summed E-state index contributed by atoms with van der Waals surface area (Å²) < 4.78 is 5.74. The molecule has 2 N–H and O–H groups in total. The molecule has 0 amide bonds. The summed E-state index contributed by atoms with van der Waals surface area (Å²) in [4.78, 5) is 0. The van der Waals surface area contributed by atoms with E-state index in [-0.39, 0.29) is 0 Å². The molecule has 2 aromatic carbocycles. The summed E-state index contributed by atoms with van der Waals surface area (Å²) in [5.74, 6) is 1.60. The number of ether oxygens (including phenoxy) is 1. The van der Waals surface area contributed by atoms with E-state index >= 15 is 0 Å². The lowest BCUT2D eigenvalue weighted by molar-refractivity contribution is 0.408. The van der Waals surface area contributed by atoms with Gasteiger partial charge in [-0.05, 0) is 35.4 Å². The second-order valence-electron chi connectivity index (χ2n) is 6.21. The standard InChI is InChI=1S/C21H27NO.2C2H6/c1-16(2)14-19-11-7-12-20(21(19)23-3)18-10-6-9-17(15-18)8-4-5-13-22;2*1-2/h4-7,9-12,15-16H,8,13-14,22H2,1-3H3;2*1-2H3/b5-4-;;. The van der Waals surface area contributed by atoms with E-state index in [1.54, 1.807) is 7.11 Å². The molecule has 0 unspecified atom stereocenters. The molecule has 0 aliphatic rings. The third kappa shape index (κ3) is 8.45. The summed E-state index contributed by atoms with van der Waals surface area (Å²) in [5.41, 5.74) is 10.4. The van der Waals surface area contributed by atoms with Crippen molar-refractivity contribution in [2.24, 2.45) is 11.7 Å². The number of hydrogen-bond acceptors (Lipinski definition) is 2. The van der Waals surface area contributed by atoms with Gasteiger partial charge in [-0.2, -0.15) is 0 Å². The lowest BCUT2D eigenvalue weighted by atomic mass is 9.95. The Bertz CT molecular complexity index is 659. The molecule has 2 aromatic rings. The van der Waals surface area contributed by atoms with E-state index in [2.05, 4.69) is 62.4 Å². The second kappa shape index (κ2) is 15.0. The van der Waals surface area contributed by atoms with Crippen molar-refractivity contribution in [1.29, 1.82) is 0 Å². The molecule has 0 bridgehead atoms. The fourth-order valence-electron chi connectivity index (χ4n) is 2.84. The van der Waals surface area contributed by atoms with Gasteiger partial charge < -0.3 is 10.5 Å². The molecule has 0 fully saturated rings. The zero-order valence-electron chi connectivity index (χ0n) is 18.4. The molecule has 0 aliphatic heterocycles. The zero-order valence-corrected chi connectivity index (χ0v) is 18.4. The van der Waals surface area contributed by atoms with Crippen LogP contribution in [0, 0.1) is 5.92 Å². The van der Waals surface area contributed by atoms with E-state index in [9.17, 15) is 0 Å². The molecular weight excluding hydrogens is 330 g/mol. The molecule has 0 saturated carbocycles. The summed E-state index contributed by atoms with van der Waals surface area (Å²) in [6.45, 7) is 13.1. The number of nitrogens with two attached hydrogens (primary N) is 1. The minimum atomic E-state index is 0.588. The Morgan fingerprint density at radius 1 is 0.963 bits per heavy atom. The van der Waals surface area contributed by atoms with Crippen LogP contribution in [0.5, 0.6) is 5.75 Å². The molecule has 0 spiro atoms. The Balaban J connectivity index is 0.00000158. The van der Waals surface area contributed by atoms with Gasteiger partial charge in [0.05, 0.1) is 7.11 Å². The maximum atomic E-state index is 5.74. The maximum absolute atomic E-state index is 5.74. The topological polar surface area (TPSA) is 35.2 Å². The molecular formula is C25H39NO. The molecule has 0 heterocycles. The minimum absolute atomic E-state index is 0.588. The Labute approximate surface area is 167 Å². The fourth-order valence-corrected chi connectivity index (χ4v) is 2.84. The quantitative estimate of drug-likeness (QED) is 0.553. The lowest BCUT2D eigenvalue weighted by Gasteiger charge is -2.15. The first-order chi connectivity index (χ1) is 13.2. The summed E-state index contributed by atoms with van der Waals surface area (Å²) in [7, 11) is 1.76. The first-order valence-corrected chi connectivity index (χ1v) is 10.3. The van der Waals surface area contributed by atoms with Crippen LogP contribution in [0.3, 0.4) is 0 Å². The van der Waals surface area contributed by atoms with E-state index in [0.717, 1.165) is 24.2 Å². The maximum Gasteiger partial charge on any atom is 0.129 e. The number of hydrogen-bond donors (Lipinski definition) is 1. The van der Waals surface area contributed by atoms with Crippen LogP contribution in [0.2, 0.25) is 0 Å². The van der Waals surface area contributed by atoms with Crippen LogP contribution in [0.1, 0.15) is 52.7 Å². The van der Waals surface area contributed by atoms with Crippen LogP contribution in [0.25, 0.3) is 11.1 Å². The average molecular weight is 370 g/mol. The monoisotopic (exact) mass is 369 g/mol. The van der Waals surface area contributed by atoms with E-state index < -0.39 is 0 Å². The van der Waals surface area contributed by atoms with Crippen LogP contribution in [-0.2, 0) is 12.8 Å². The molecule has 2 nitrogen and oxygen atoms in total. The molecule has 2 heteroatoms. The molecule has 0 aliphatic carbocycles. The molecule has 150 valence electrons. The van der Waals surface area contributed by atoms with Crippen LogP contribution >= 0.6 is 0 Å². The van der Waals surface area contributed by atoms with Gasteiger partial charge in [-0.3, -0.25) is 0 Å². The summed E-state index contributed by atoms with van der Waals surface area (Å²) in [6.07, 6.45) is 6.04. The van der Waals surface area contributed by atoms with E-state index in [1.807, 2.05) is 33.8 Å². The largest absolute Gasteiger partial charge is 0.496 e. The van der Waals surface area contributed by atoms with Gasteiger partial charge in [-0.1, -0.05) is 96.2 Å². The highest BCUT2D eigenvalue weighted by atomic mass is 16.5. The minimum Gasteiger partial charge on any atom is -0.496 e. The first-order valence-electron chi connectivity index (χ1n) is 10.3. The van der Waals surface area contributed by atoms with Crippen molar-refractivity contribution in [2.45, 2.75) is 54.4 Å². The summed E-state index contributed by atoms with van der Waals surface area (Å²) in [5, 5.41) is 0. The van der Waals surface area contributed by atoms with Gasteiger partial charge >= 0.3 is 0 Å². The van der Waals surface area contributed by atoms with Crippen molar-refractivity contribution in [2.75, 3.05) is 13.7 Å². The Morgan fingerprint density at radius 2 is 1.63 bits per heavy atom. The number of para-hydroxylation sites is 1. The van der Waals surface area contributed by atoms with E-state index in [0.29, 0.717) is 12.5 Å². The van der Waals surface area contributed by atoms with Crippen LogP contribution in [-0.4, -0.2) is 13.7 Å². The van der Waals surface area contributed by atoms with Gasteiger partial charge in [-0.25, -0.2) is 0 Å². The lowest BCUT2D eigenvalue weighted by Crippen LogP contribution is -1.99. The van der Waals surface area contributed by atoms with Crippen molar-refractivity contribution in [3.63, 3.8) is 0 Å². The summed E-state index contributed by atoms with van der Waals surface area (Å²) >= 11 is 0. The van der Waals surface area contributed by atoms with Gasteiger partial charge in [0, 0.05) is 12.1 Å². The third-order valence-corrected chi connectivity index (χ3v) is 3.82. The number of allylic oxidation sites excluding steroid dienone is 1. The second-order valence-corrected chi connectivity index (χ2v) is 6.21. The van der Waals surface area contributed by atoms with Gasteiger partial charge in [-0.15, -0.1) is 0 Å². The average Bonchev–Trinajstić information content (AvgIpc) is 2.71. The molecule has 0 aromatic heterocycles. The highest BCUT2D eigenvalue weighted by Crippen LogP contribution is 2.34. The van der Waals surface area contributed by atoms with Crippen LogP contribution in [0.4, 0.5) is 0 Å². The van der Waals surface area contributed by atoms with Gasteiger partial charge in [0.15, 0.2) is 0 Å². The van der Waals surface area contributed by atoms with Gasteiger partial charge in [0.25, 0.3) is 0 Å². The van der Waals surface area contributed by atoms with Crippen LogP contribution in [0.15, 0.2) is 54.6 Å². The molecule has 0 radical (unpaired) electrons.